The van der Waals surface area contributed by atoms with Crippen LogP contribution in [0.5, 0.6) is 11.5 Å². The van der Waals surface area contributed by atoms with Gasteiger partial charge in [-0.3, -0.25) is 14.6 Å². The number of fused-ring (bicyclic) bond motifs is 2. The Morgan fingerprint density at radius 2 is 1.88 bits per heavy atom. The molecule has 1 fully saturated rings. The van der Waals surface area contributed by atoms with Gasteiger partial charge in [0.05, 0.1) is 18.2 Å². The summed E-state index contributed by atoms with van der Waals surface area (Å²) in [4.78, 5) is 19.6. The van der Waals surface area contributed by atoms with Gasteiger partial charge in [0.2, 0.25) is 0 Å². The topological polar surface area (TPSA) is 65.5 Å². The molecular weight excluding hydrogens is 430 g/mol. The first kappa shape index (κ1) is 23.1. The molecule has 1 atom stereocenters. The number of rotatable bonds is 7. The summed E-state index contributed by atoms with van der Waals surface area (Å²) in [5, 5.41) is 10.8. The molecule has 7 heteroatoms. The van der Waals surface area contributed by atoms with E-state index < -0.39 is 6.10 Å². The van der Waals surface area contributed by atoms with Gasteiger partial charge in [0, 0.05) is 51.4 Å². The van der Waals surface area contributed by atoms with Gasteiger partial charge in [-0.25, -0.2) is 0 Å². The Labute approximate surface area is 201 Å². The van der Waals surface area contributed by atoms with E-state index in [1.165, 1.54) is 11.1 Å². The molecule has 2 aromatic rings. The minimum atomic E-state index is -0.610. The van der Waals surface area contributed by atoms with E-state index in [2.05, 4.69) is 47.9 Å². The van der Waals surface area contributed by atoms with E-state index in [-0.39, 0.29) is 12.0 Å². The molecule has 182 valence electrons. The summed E-state index contributed by atoms with van der Waals surface area (Å²) in [6, 6.07) is 14.5. The number of aliphatic hydroxyl groups excluding tert-OH is 1. The van der Waals surface area contributed by atoms with E-state index in [9.17, 15) is 9.90 Å². The standard InChI is InChI=1S/C27H35N3O4/c1-19(2)30-17-24(18-30)34-23-7-8-25-26(13-23)33-12-11-29(27(25)32)16-22(31)15-28-10-9-20-5-3-4-6-21(20)14-28/h3-8,13,19,22,24,31H,9-12,14-18H2,1-2H3. The zero-order chi connectivity index (χ0) is 23.7. The quantitative estimate of drug-likeness (QED) is 0.678. The largest absolute Gasteiger partial charge is 0.491 e. The maximum Gasteiger partial charge on any atom is 0.257 e. The number of carbonyl (C=O) groups excluding carboxylic acids is 1. The van der Waals surface area contributed by atoms with E-state index in [1.54, 1.807) is 11.0 Å². The zero-order valence-corrected chi connectivity index (χ0v) is 20.2. The van der Waals surface area contributed by atoms with E-state index in [1.807, 2.05) is 12.1 Å². The van der Waals surface area contributed by atoms with Gasteiger partial charge in [-0.2, -0.15) is 0 Å². The molecule has 1 saturated heterocycles. The molecule has 34 heavy (non-hydrogen) atoms. The van der Waals surface area contributed by atoms with Crippen LogP contribution in [0.4, 0.5) is 0 Å². The van der Waals surface area contributed by atoms with Crippen LogP contribution in [0.3, 0.4) is 0 Å². The van der Waals surface area contributed by atoms with E-state index >= 15 is 0 Å². The predicted octanol–water partition coefficient (Wildman–Crippen LogP) is 2.41. The number of benzene rings is 2. The van der Waals surface area contributed by atoms with Crippen LogP contribution < -0.4 is 9.47 Å². The third kappa shape index (κ3) is 5.06. The van der Waals surface area contributed by atoms with Gasteiger partial charge < -0.3 is 19.5 Å². The lowest BCUT2D eigenvalue weighted by Crippen LogP contribution is -2.56. The van der Waals surface area contributed by atoms with E-state index in [0.29, 0.717) is 43.6 Å². The molecule has 3 aliphatic rings. The number of hydrogen-bond donors (Lipinski definition) is 1. The number of amides is 1. The number of hydrogen-bond acceptors (Lipinski definition) is 6. The Morgan fingerprint density at radius 1 is 1.09 bits per heavy atom. The van der Waals surface area contributed by atoms with Crippen LogP contribution in [0.15, 0.2) is 42.5 Å². The first-order valence-corrected chi connectivity index (χ1v) is 12.4. The second-order valence-corrected chi connectivity index (χ2v) is 9.95. The Balaban J connectivity index is 1.17. The first-order chi connectivity index (χ1) is 16.5. The number of carbonyl (C=O) groups is 1. The third-order valence-corrected chi connectivity index (χ3v) is 7.11. The molecule has 0 saturated carbocycles. The Hall–Kier alpha value is -2.61. The van der Waals surface area contributed by atoms with E-state index in [4.69, 9.17) is 9.47 Å². The van der Waals surface area contributed by atoms with Gasteiger partial charge in [0.1, 0.15) is 24.2 Å². The highest BCUT2D eigenvalue weighted by Crippen LogP contribution is 2.30. The molecule has 2 aromatic carbocycles. The molecule has 3 heterocycles. The Morgan fingerprint density at radius 3 is 2.68 bits per heavy atom. The zero-order valence-electron chi connectivity index (χ0n) is 20.2. The molecular formula is C27H35N3O4. The SMILES string of the molecule is CC(C)N1CC(Oc2ccc3c(c2)OCCN(CC(O)CN2CCc4ccccc4C2)C3=O)C1. The molecule has 0 radical (unpaired) electrons. The summed E-state index contributed by atoms with van der Waals surface area (Å²) >= 11 is 0. The van der Waals surface area contributed by atoms with Crippen LogP contribution >= 0.6 is 0 Å². The van der Waals surface area contributed by atoms with Crippen molar-refractivity contribution in [2.45, 2.75) is 45.1 Å². The van der Waals surface area contributed by atoms with Crippen LogP contribution in [0.25, 0.3) is 0 Å². The van der Waals surface area contributed by atoms with Crippen molar-refractivity contribution in [3.05, 3.63) is 59.2 Å². The number of likely N-dealkylation sites (tertiary alicyclic amines) is 1. The molecule has 7 nitrogen and oxygen atoms in total. The van der Waals surface area contributed by atoms with Crippen LogP contribution in [-0.2, 0) is 13.0 Å². The highest BCUT2D eigenvalue weighted by atomic mass is 16.5. The minimum absolute atomic E-state index is 0.100. The lowest BCUT2D eigenvalue weighted by Gasteiger charge is -2.41. The Kier molecular flexibility index (Phi) is 6.77. The summed E-state index contributed by atoms with van der Waals surface area (Å²) in [5.41, 5.74) is 3.25. The van der Waals surface area contributed by atoms with Gasteiger partial charge in [-0.15, -0.1) is 0 Å². The fraction of sp³-hybridized carbons (Fsp3) is 0.519. The van der Waals surface area contributed by atoms with Gasteiger partial charge in [0.25, 0.3) is 5.91 Å². The van der Waals surface area contributed by atoms with Gasteiger partial charge in [-0.1, -0.05) is 24.3 Å². The smallest absolute Gasteiger partial charge is 0.257 e. The monoisotopic (exact) mass is 465 g/mol. The van der Waals surface area contributed by atoms with Crippen molar-refractivity contribution in [2.75, 3.05) is 45.9 Å². The second-order valence-electron chi connectivity index (χ2n) is 9.95. The van der Waals surface area contributed by atoms with Gasteiger partial charge >= 0.3 is 0 Å². The molecule has 5 rings (SSSR count). The highest BCUT2D eigenvalue weighted by Gasteiger charge is 2.31. The summed E-state index contributed by atoms with van der Waals surface area (Å²) in [5.74, 6) is 1.20. The molecule has 3 aliphatic heterocycles. The highest BCUT2D eigenvalue weighted by molar-refractivity contribution is 5.97. The molecule has 0 spiro atoms. The normalized spacial score (nSPS) is 20.2. The molecule has 1 unspecified atom stereocenters. The predicted molar refractivity (Wildman–Crippen MR) is 130 cm³/mol. The summed E-state index contributed by atoms with van der Waals surface area (Å²) in [7, 11) is 0. The number of aliphatic hydroxyl groups is 1. The van der Waals surface area contributed by atoms with Crippen molar-refractivity contribution in [3.63, 3.8) is 0 Å². The lowest BCUT2D eigenvalue weighted by molar-refractivity contribution is 0.0000435. The van der Waals surface area contributed by atoms with Crippen molar-refractivity contribution < 1.29 is 19.4 Å². The van der Waals surface area contributed by atoms with Crippen molar-refractivity contribution >= 4 is 5.91 Å². The average Bonchev–Trinajstić information content (AvgIpc) is 2.94. The summed E-state index contributed by atoms with van der Waals surface area (Å²) in [6.45, 7) is 9.67. The molecule has 0 aliphatic carbocycles. The number of β-amino-alcohol motifs (C(OH)–C–C–N with tert-alkyl or cyclic N) is 1. The van der Waals surface area contributed by atoms with Gasteiger partial charge in [0.15, 0.2) is 0 Å². The third-order valence-electron chi connectivity index (χ3n) is 7.11. The average molecular weight is 466 g/mol. The number of ether oxygens (including phenoxy) is 2. The van der Waals surface area contributed by atoms with Crippen LogP contribution in [0.2, 0.25) is 0 Å². The van der Waals surface area contributed by atoms with Crippen LogP contribution in [-0.4, -0.2) is 89.8 Å². The van der Waals surface area contributed by atoms with Crippen molar-refractivity contribution in [1.29, 1.82) is 0 Å². The Bertz CT molecular complexity index is 1020. The molecule has 0 bridgehead atoms. The van der Waals surface area contributed by atoms with Crippen molar-refractivity contribution in [2.24, 2.45) is 0 Å². The van der Waals surface area contributed by atoms with Gasteiger partial charge in [-0.05, 0) is 43.5 Å². The minimum Gasteiger partial charge on any atom is -0.491 e. The maximum atomic E-state index is 13.2. The first-order valence-electron chi connectivity index (χ1n) is 12.4. The second kappa shape index (κ2) is 9.94. The summed E-state index contributed by atoms with van der Waals surface area (Å²) in [6.07, 6.45) is 0.560. The van der Waals surface area contributed by atoms with E-state index in [0.717, 1.165) is 38.3 Å². The summed E-state index contributed by atoms with van der Waals surface area (Å²) < 4.78 is 12.0. The molecule has 1 N–H and O–H groups in total. The van der Waals surface area contributed by atoms with Crippen LogP contribution in [0, 0.1) is 0 Å². The maximum absolute atomic E-state index is 13.2. The van der Waals surface area contributed by atoms with Crippen molar-refractivity contribution in [3.8, 4) is 11.5 Å². The molecule has 0 aromatic heterocycles. The fourth-order valence-electron chi connectivity index (χ4n) is 5.06. The molecule has 1 amide bonds. The lowest BCUT2D eigenvalue weighted by atomic mass is 10.00. The van der Waals surface area contributed by atoms with Crippen LogP contribution in [0.1, 0.15) is 35.3 Å². The fourth-order valence-corrected chi connectivity index (χ4v) is 5.06. The van der Waals surface area contributed by atoms with Crippen molar-refractivity contribution in [1.82, 2.24) is 14.7 Å². The number of nitrogens with zero attached hydrogens (tertiary/aromatic N) is 3.